The Kier molecular flexibility index (Phi) is 4.57. The molecule has 0 bridgehead atoms. The maximum Gasteiger partial charge on any atom is 0.241 e. The molecule has 2 heterocycles. The van der Waals surface area contributed by atoms with Crippen molar-refractivity contribution >= 4 is 17.5 Å². The minimum Gasteiger partial charge on any atom is -0.354 e. The Morgan fingerprint density at radius 1 is 1.47 bits per heavy atom. The van der Waals surface area contributed by atoms with Gasteiger partial charge in [-0.15, -0.1) is 0 Å². The molecule has 2 aromatic rings. The normalized spacial score (nSPS) is 10.6. The second kappa shape index (κ2) is 6.38. The minimum atomic E-state index is -0.0368. The molecule has 0 saturated carbocycles. The second-order valence-electron chi connectivity index (χ2n) is 4.26. The van der Waals surface area contributed by atoms with Crippen LogP contribution in [0.3, 0.4) is 0 Å². The van der Waals surface area contributed by atoms with Crippen LogP contribution in [0, 0.1) is 6.92 Å². The lowest BCUT2D eigenvalue weighted by atomic mass is 10.4. The molecule has 0 saturated heterocycles. The molecule has 0 fully saturated rings. The molecule has 0 aliphatic carbocycles. The van der Waals surface area contributed by atoms with E-state index in [1.165, 1.54) is 0 Å². The zero-order valence-electron chi connectivity index (χ0n) is 10.7. The van der Waals surface area contributed by atoms with Crippen molar-refractivity contribution in [1.29, 1.82) is 0 Å². The van der Waals surface area contributed by atoms with Gasteiger partial charge < -0.3 is 5.32 Å². The molecular formula is C12H16ClN5O. The zero-order valence-corrected chi connectivity index (χ0v) is 11.5. The highest BCUT2D eigenvalue weighted by Gasteiger charge is 2.04. The Bertz CT molecular complexity index is 548. The number of aromatic nitrogens is 4. The van der Waals surface area contributed by atoms with Crippen LogP contribution in [0.25, 0.3) is 0 Å². The summed E-state index contributed by atoms with van der Waals surface area (Å²) in [7, 11) is 0. The van der Waals surface area contributed by atoms with Crippen molar-refractivity contribution in [2.45, 2.75) is 26.4 Å². The third kappa shape index (κ3) is 4.10. The fourth-order valence-corrected chi connectivity index (χ4v) is 1.84. The smallest absolute Gasteiger partial charge is 0.241 e. The van der Waals surface area contributed by atoms with E-state index in [4.69, 9.17) is 11.6 Å². The number of carbonyl (C=O) groups is 1. The fourth-order valence-electron chi connectivity index (χ4n) is 1.69. The molecule has 0 radical (unpaired) electrons. The Hall–Kier alpha value is -1.82. The first-order valence-electron chi connectivity index (χ1n) is 6.08. The van der Waals surface area contributed by atoms with E-state index >= 15 is 0 Å². The molecule has 102 valence electrons. The number of nitrogens with zero attached hydrogens (tertiary/aromatic N) is 4. The molecule has 6 nitrogen and oxygen atoms in total. The molecule has 7 heteroatoms. The van der Waals surface area contributed by atoms with Crippen molar-refractivity contribution in [2.24, 2.45) is 0 Å². The van der Waals surface area contributed by atoms with Crippen molar-refractivity contribution in [2.75, 3.05) is 6.54 Å². The lowest BCUT2D eigenvalue weighted by Crippen LogP contribution is -2.29. The first kappa shape index (κ1) is 13.6. The largest absolute Gasteiger partial charge is 0.354 e. The van der Waals surface area contributed by atoms with Gasteiger partial charge in [0.05, 0.1) is 11.2 Å². The average Bonchev–Trinajstić information content (AvgIpc) is 2.95. The number of carbonyl (C=O) groups excluding carboxylic acids is 1. The van der Waals surface area contributed by atoms with Crippen molar-refractivity contribution in [3.05, 3.63) is 35.4 Å². The lowest BCUT2D eigenvalue weighted by Gasteiger charge is -2.06. The van der Waals surface area contributed by atoms with Crippen LogP contribution in [0.1, 0.15) is 12.1 Å². The van der Waals surface area contributed by atoms with Gasteiger partial charge in [-0.2, -0.15) is 10.2 Å². The monoisotopic (exact) mass is 281 g/mol. The quantitative estimate of drug-likeness (QED) is 0.811. The van der Waals surface area contributed by atoms with Crippen molar-refractivity contribution in [1.82, 2.24) is 24.9 Å². The van der Waals surface area contributed by atoms with Crippen LogP contribution < -0.4 is 5.32 Å². The maximum atomic E-state index is 11.7. The van der Waals surface area contributed by atoms with Crippen LogP contribution >= 0.6 is 11.6 Å². The second-order valence-corrected chi connectivity index (χ2v) is 4.69. The summed E-state index contributed by atoms with van der Waals surface area (Å²) in [5.74, 6) is -0.0368. The molecule has 2 aromatic heterocycles. The zero-order chi connectivity index (χ0) is 13.7. The summed E-state index contributed by atoms with van der Waals surface area (Å²) < 4.78 is 3.43. The fraction of sp³-hybridized carbons (Fsp3) is 0.417. The van der Waals surface area contributed by atoms with E-state index in [1.54, 1.807) is 28.0 Å². The molecule has 0 aliphatic heterocycles. The summed E-state index contributed by atoms with van der Waals surface area (Å²) in [6.45, 7) is 3.51. The van der Waals surface area contributed by atoms with Gasteiger partial charge in [0.1, 0.15) is 6.54 Å². The Morgan fingerprint density at radius 3 is 2.95 bits per heavy atom. The van der Waals surface area contributed by atoms with E-state index in [1.807, 2.05) is 13.0 Å². The van der Waals surface area contributed by atoms with Crippen LogP contribution in [-0.4, -0.2) is 32.0 Å². The Morgan fingerprint density at radius 2 is 2.32 bits per heavy atom. The predicted octanol–water partition coefficient (Wildman–Crippen LogP) is 1.25. The number of halogens is 1. The average molecular weight is 282 g/mol. The van der Waals surface area contributed by atoms with Gasteiger partial charge in [-0.3, -0.25) is 14.2 Å². The Labute approximate surface area is 116 Å². The molecule has 19 heavy (non-hydrogen) atoms. The summed E-state index contributed by atoms with van der Waals surface area (Å²) in [6.07, 6.45) is 5.85. The number of hydrogen-bond donors (Lipinski definition) is 1. The van der Waals surface area contributed by atoms with Crippen LogP contribution in [0.5, 0.6) is 0 Å². The minimum absolute atomic E-state index is 0.0368. The number of rotatable bonds is 6. The van der Waals surface area contributed by atoms with Gasteiger partial charge in [-0.1, -0.05) is 11.6 Å². The van der Waals surface area contributed by atoms with Gasteiger partial charge in [0.25, 0.3) is 0 Å². The van der Waals surface area contributed by atoms with Gasteiger partial charge in [0.2, 0.25) is 5.91 Å². The molecular weight excluding hydrogens is 266 g/mol. The standard InChI is InChI=1S/C12H16ClN5O/c1-10-3-5-15-18(10)9-12(19)14-4-2-6-17-8-11(13)7-16-17/h3,5,7-8H,2,4,6,9H2,1H3,(H,14,19). The summed E-state index contributed by atoms with van der Waals surface area (Å²) in [4.78, 5) is 11.7. The summed E-state index contributed by atoms with van der Waals surface area (Å²) in [5, 5.41) is 11.6. The van der Waals surface area contributed by atoms with E-state index in [9.17, 15) is 4.79 Å². The topological polar surface area (TPSA) is 64.7 Å². The third-order valence-electron chi connectivity index (χ3n) is 2.71. The van der Waals surface area contributed by atoms with Gasteiger partial charge in [0.15, 0.2) is 0 Å². The van der Waals surface area contributed by atoms with Crippen LogP contribution in [0.15, 0.2) is 24.7 Å². The molecule has 2 rings (SSSR count). The third-order valence-corrected chi connectivity index (χ3v) is 2.91. The molecule has 0 aliphatic rings. The highest BCUT2D eigenvalue weighted by Crippen LogP contribution is 2.04. The molecule has 0 atom stereocenters. The number of nitrogens with one attached hydrogen (secondary N) is 1. The summed E-state index contributed by atoms with van der Waals surface area (Å²) in [5.41, 5.74) is 0.973. The first-order chi connectivity index (χ1) is 9.15. The number of amides is 1. The lowest BCUT2D eigenvalue weighted by molar-refractivity contribution is -0.121. The number of aryl methyl sites for hydroxylation is 2. The molecule has 1 N–H and O–H groups in total. The molecule has 0 spiro atoms. The van der Waals surface area contributed by atoms with E-state index < -0.39 is 0 Å². The SMILES string of the molecule is Cc1ccnn1CC(=O)NCCCn1cc(Cl)cn1. The van der Waals surface area contributed by atoms with Crippen molar-refractivity contribution < 1.29 is 4.79 Å². The van der Waals surface area contributed by atoms with Crippen LogP contribution in [0.4, 0.5) is 0 Å². The van der Waals surface area contributed by atoms with Crippen LogP contribution in [0.2, 0.25) is 5.02 Å². The molecule has 1 amide bonds. The van der Waals surface area contributed by atoms with E-state index in [0.717, 1.165) is 18.7 Å². The summed E-state index contributed by atoms with van der Waals surface area (Å²) in [6, 6.07) is 1.87. The van der Waals surface area contributed by atoms with Gasteiger partial charge >= 0.3 is 0 Å². The number of hydrogen-bond acceptors (Lipinski definition) is 3. The first-order valence-corrected chi connectivity index (χ1v) is 6.46. The van der Waals surface area contributed by atoms with Crippen molar-refractivity contribution in [3.8, 4) is 0 Å². The van der Waals surface area contributed by atoms with E-state index in [-0.39, 0.29) is 12.5 Å². The van der Waals surface area contributed by atoms with Gasteiger partial charge in [-0.25, -0.2) is 0 Å². The van der Waals surface area contributed by atoms with Crippen molar-refractivity contribution in [3.63, 3.8) is 0 Å². The van der Waals surface area contributed by atoms with Gasteiger partial charge in [-0.05, 0) is 19.4 Å². The van der Waals surface area contributed by atoms with E-state index in [2.05, 4.69) is 15.5 Å². The van der Waals surface area contributed by atoms with Gasteiger partial charge in [0, 0.05) is 31.2 Å². The Balaban J connectivity index is 1.66. The molecule has 0 unspecified atom stereocenters. The summed E-state index contributed by atoms with van der Waals surface area (Å²) >= 11 is 5.76. The molecule has 0 aromatic carbocycles. The predicted molar refractivity (Wildman–Crippen MR) is 71.8 cm³/mol. The highest BCUT2D eigenvalue weighted by atomic mass is 35.5. The van der Waals surface area contributed by atoms with Crippen LogP contribution in [-0.2, 0) is 17.9 Å². The maximum absolute atomic E-state index is 11.7. The van der Waals surface area contributed by atoms with E-state index in [0.29, 0.717) is 11.6 Å². The highest BCUT2D eigenvalue weighted by molar-refractivity contribution is 6.30.